The molecule has 0 saturated carbocycles. The summed E-state index contributed by atoms with van der Waals surface area (Å²) >= 11 is 0. The van der Waals surface area contributed by atoms with Crippen LogP contribution in [0.1, 0.15) is 19.8 Å². The third-order valence-electron chi connectivity index (χ3n) is 4.42. The Balaban J connectivity index is 1.53. The van der Waals surface area contributed by atoms with Crippen LogP contribution in [0.2, 0.25) is 0 Å². The summed E-state index contributed by atoms with van der Waals surface area (Å²) in [6.07, 6.45) is 1.21. The molecule has 0 unspecified atom stereocenters. The lowest BCUT2D eigenvalue weighted by Crippen LogP contribution is -2.42. The lowest BCUT2D eigenvalue weighted by molar-refractivity contribution is -0.151. The van der Waals surface area contributed by atoms with Gasteiger partial charge in [0.1, 0.15) is 11.3 Å². The average Bonchev–Trinajstić information content (AvgIpc) is 2.66. The minimum Gasteiger partial charge on any atom is -0.484 e. The number of likely N-dealkylation sites (tertiary alicyclic amines) is 1. The van der Waals surface area contributed by atoms with Crippen LogP contribution in [0, 0.1) is 5.92 Å². The van der Waals surface area contributed by atoms with Crippen molar-refractivity contribution < 1.29 is 23.5 Å². The molecule has 3 rings (SSSR count). The number of carbonyl (C=O) groups is 2. The van der Waals surface area contributed by atoms with Crippen molar-refractivity contribution in [2.75, 3.05) is 26.3 Å². The van der Waals surface area contributed by atoms with E-state index in [-0.39, 0.29) is 24.4 Å². The minimum atomic E-state index is -0.435. The van der Waals surface area contributed by atoms with E-state index in [4.69, 9.17) is 13.9 Å². The quantitative estimate of drug-likeness (QED) is 0.599. The Hall–Kier alpha value is -2.83. The van der Waals surface area contributed by atoms with Crippen LogP contribution < -0.4 is 10.4 Å². The molecule has 1 aliphatic heterocycles. The third kappa shape index (κ3) is 4.22. The van der Waals surface area contributed by atoms with Gasteiger partial charge in [-0.15, -0.1) is 0 Å². The van der Waals surface area contributed by atoms with Gasteiger partial charge in [-0.05, 0) is 38.0 Å². The van der Waals surface area contributed by atoms with Crippen LogP contribution in [0.3, 0.4) is 0 Å². The molecule has 26 heavy (non-hydrogen) atoms. The summed E-state index contributed by atoms with van der Waals surface area (Å²) in [5.41, 5.74) is -0.0205. The number of rotatable bonds is 5. The molecule has 0 bridgehead atoms. The monoisotopic (exact) mass is 359 g/mol. The summed E-state index contributed by atoms with van der Waals surface area (Å²) < 4.78 is 15.7. The van der Waals surface area contributed by atoms with Crippen molar-refractivity contribution in [2.24, 2.45) is 5.92 Å². The zero-order valence-electron chi connectivity index (χ0n) is 14.6. The number of hydrogen-bond acceptors (Lipinski definition) is 6. The third-order valence-corrected chi connectivity index (χ3v) is 4.42. The topological polar surface area (TPSA) is 86.0 Å². The first-order valence-electron chi connectivity index (χ1n) is 8.68. The van der Waals surface area contributed by atoms with Crippen molar-refractivity contribution in [3.63, 3.8) is 0 Å². The highest BCUT2D eigenvalue weighted by Crippen LogP contribution is 2.21. The van der Waals surface area contributed by atoms with Crippen molar-refractivity contribution in [1.82, 2.24) is 4.90 Å². The van der Waals surface area contributed by atoms with Crippen LogP contribution in [0.4, 0.5) is 0 Å². The molecule has 1 amide bonds. The molecular weight excluding hydrogens is 338 g/mol. The molecule has 138 valence electrons. The Bertz CT molecular complexity index is 850. The Morgan fingerprint density at radius 1 is 1.19 bits per heavy atom. The molecule has 0 spiro atoms. The fourth-order valence-corrected chi connectivity index (χ4v) is 2.99. The predicted octanol–water partition coefficient (Wildman–Crippen LogP) is 1.97. The van der Waals surface area contributed by atoms with Crippen LogP contribution in [-0.4, -0.2) is 43.1 Å². The summed E-state index contributed by atoms with van der Waals surface area (Å²) in [7, 11) is 0. The molecule has 7 heteroatoms. The van der Waals surface area contributed by atoms with Crippen molar-refractivity contribution in [3.05, 3.63) is 40.8 Å². The molecule has 0 atom stereocenters. The van der Waals surface area contributed by atoms with Gasteiger partial charge in [-0.3, -0.25) is 9.59 Å². The second-order valence-corrected chi connectivity index (χ2v) is 6.15. The van der Waals surface area contributed by atoms with E-state index in [2.05, 4.69) is 0 Å². The lowest BCUT2D eigenvalue weighted by Gasteiger charge is -2.30. The van der Waals surface area contributed by atoms with E-state index in [0.717, 1.165) is 5.39 Å². The average molecular weight is 359 g/mol. The maximum Gasteiger partial charge on any atom is 0.336 e. The summed E-state index contributed by atoms with van der Waals surface area (Å²) in [6.45, 7) is 3.08. The highest BCUT2D eigenvalue weighted by molar-refractivity contribution is 5.80. The van der Waals surface area contributed by atoms with E-state index in [1.165, 1.54) is 6.07 Å². The van der Waals surface area contributed by atoms with Crippen molar-refractivity contribution in [3.8, 4) is 5.75 Å². The van der Waals surface area contributed by atoms with Crippen LogP contribution in [0.15, 0.2) is 39.5 Å². The van der Waals surface area contributed by atoms with E-state index in [9.17, 15) is 14.4 Å². The van der Waals surface area contributed by atoms with Crippen molar-refractivity contribution in [2.45, 2.75) is 19.8 Å². The first-order valence-corrected chi connectivity index (χ1v) is 8.68. The number of piperidine rings is 1. The van der Waals surface area contributed by atoms with E-state index in [1.54, 1.807) is 36.1 Å². The number of nitrogens with zero attached hydrogens (tertiary/aromatic N) is 1. The van der Waals surface area contributed by atoms with Crippen molar-refractivity contribution >= 4 is 22.8 Å². The molecule has 1 aromatic carbocycles. The van der Waals surface area contributed by atoms with Gasteiger partial charge in [0.2, 0.25) is 0 Å². The SMILES string of the molecule is CCOC(=O)C1CCN(C(=O)COc2ccc3ccc(=O)oc3c2)CC1. The van der Waals surface area contributed by atoms with Gasteiger partial charge >= 0.3 is 11.6 Å². The molecule has 0 N–H and O–H groups in total. The number of ether oxygens (including phenoxy) is 2. The maximum absolute atomic E-state index is 12.3. The van der Waals surface area contributed by atoms with Crippen LogP contribution in [0.25, 0.3) is 11.0 Å². The molecule has 0 aliphatic carbocycles. The number of benzene rings is 1. The summed E-state index contributed by atoms with van der Waals surface area (Å²) in [4.78, 5) is 37.0. The molecule has 2 aromatic rings. The lowest BCUT2D eigenvalue weighted by atomic mass is 9.97. The van der Waals surface area contributed by atoms with Crippen LogP contribution in [-0.2, 0) is 14.3 Å². The van der Waals surface area contributed by atoms with Gasteiger partial charge in [0, 0.05) is 30.6 Å². The first-order chi connectivity index (χ1) is 12.6. The molecule has 1 saturated heterocycles. The predicted molar refractivity (Wildman–Crippen MR) is 93.9 cm³/mol. The van der Waals surface area contributed by atoms with Crippen LogP contribution in [0.5, 0.6) is 5.75 Å². The molecular formula is C19H21NO6. The number of hydrogen-bond donors (Lipinski definition) is 0. The Kier molecular flexibility index (Phi) is 5.55. The van der Waals surface area contributed by atoms with E-state index in [1.807, 2.05) is 0 Å². The Morgan fingerprint density at radius 3 is 2.65 bits per heavy atom. The Labute approximate surface area is 150 Å². The van der Waals surface area contributed by atoms with Gasteiger partial charge in [0.25, 0.3) is 5.91 Å². The van der Waals surface area contributed by atoms with Crippen LogP contribution >= 0.6 is 0 Å². The van der Waals surface area contributed by atoms with Crippen molar-refractivity contribution in [1.29, 1.82) is 0 Å². The standard InChI is InChI=1S/C19H21NO6/c1-2-24-19(23)14-7-9-20(10-8-14)17(21)12-25-15-5-3-13-4-6-18(22)26-16(13)11-15/h3-6,11,14H,2,7-10,12H2,1H3. The van der Waals surface area contributed by atoms with Gasteiger partial charge in [-0.1, -0.05) is 0 Å². The van der Waals surface area contributed by atoms with Gasteiger partial charge in [0.15, 0.2) is 6.61 Å². The fourth-order valence-electron chi connectivity index (χ4n) is 2.99. The number of esters is 1. The Morgan fingerprint density at radius 2 is 1.92 bits per heavy atom. The number of amides is 1. The molecule has 1 aliphatic rings. The highest BCUT2D eigenvalue weighted by atomic mass is 16.5. The van der Waals surface area contributed by atoms with Gasteiger partial charge < -0.3 is 18.8 Å². The molecule has 1 aromatic heterocycles. The second-order valence-electron chi connectivity index (χ2n) is 6.15. The minimum absolute atomic E-state index is 0.105. The van der Waals surface area contributed by atoms with Gasteiger partial charge in [0.05, 0.1) is 12.5 Å². The number of carbonyl (C=O) groups excluding carboxylic acids is 2. The normalized spacial score (nSPS) is 15.0. The van der Waals surface area contributed by atoms with E-state index < -0.39 is 5.63 Å². The van der Waals surface area contributed by atoms with E-state index in [0.29, 0.717) is 43.9 Å². The van der Waals surface area contributed by atoms with Gasteiger partial charge in [-0.25, -0.2) is 4.79 Å². The highest BCUT2D eigenvalue weighted by Gasteiger charge is 2.28. The summed E-state index contributed by atoms with van der Waals surface area (Å²) in [5.74, 6) is 0.000314. The largest absolute Gasteiger partial charge is 0.484 e. The molecule has 2 heterocycles. The molecule has 1 fully saturated rings. The maximum atomic E-state index is 12.3. The summed E-state index contributed by atoms with van der Waals surface area (Å²) in [5, 5.41) is 0.782. The molecule has 7 nitrogen and oxygen atoms in total. The zero-order chi connectivity index (χ0) is 18.5. The first kappa shape index (κ1) is 18.0. The summed E-state index contributed by atoms with van der Waals surface area (Å²) in [6, 6.07) is 8.11. The number of fused-ring (bicyclic) bond motifs is 1. The fraction of sp³-hybridized carbons (Fsp3) is 0.421. The zero-order valence-corrected chi connectivity index (χ0v) is 14.6. The van der Waals surface area contributed by atoms with E-state index >= 15 is 0 Å². The van der Waals surface area contributed by atoms with Gasteiger partial charge in [-0.2, -0.15) is 0 Å². The smallest absolute Gasteiger partial charge is 0.336 e. The second kappa shape index (κ2) is 8.03. The molecule has 0 radical (unpaired) electrons.